The molecule has 142 valence electrons. The van der Waals surface area contributed by atoms with Crippen LogP contribution in [0.2, 0.25) is 5.02 Å². The van der Waals surface area contributed by atoms with Crippen LogP contribution >= 0.6 is 11.6 Å². The number of alkyl halides is 3. The number of benzene rings is 1. The van der Waals surface area contributed by atoms with E-state index >= 15 is 0 Å². The van der Waals surface area contributed by atoms with E-state index in [1.807, 2.05) is 0 Å². The number of rotatable bonds is 2. The van der Waals surface area contributed by atoms with Crippen LogP contribution in [-0.4, -0.2) is 60.1 Å². The summed E-state index contributed by atoms with van der Waals surface area (Å²) in [6.07, 6.45) is -4.83. The lowest BCUT2D eigenvalue weighted by atomic mass is 10.1. The maximum Gasteiger partial charge on any atom is 0.471 e. The fraction of sp³-hybridized carbons (Fsp3) is 0.529. The van der Waals surface area contributed by atoms with Crippen molar-refractivity contribution in [3.05, 3.63) is 34.9 Å². The topological polar surface area (TPSA) is 49.9 Å². The highest BCUT2D eigenvalue weighted by atomic mass is 35.5. The van der Waals surface area contributed by atoms with Gasteiger partial charge in [0.1, 0.15) is 12.1 Å². The van der Waals surface area contributed by atoms with Gasteiger partial charge in [0.15, 0.2) is 0 Å². The lowest BCUT2D eigenvalue weighted by Crippen LogP contribution is -2.53. The molecule has 2 amide bonds. The minimum absolute atomic E-state index is 0.0625. The predicted molar refractivity (Wildman–Crippen MR) is 87.5 cm³/mol. The molecule has 0 saturated carbocycles. The van der Waals surface area contributed by atoms with E-state index in [4.69, 9.17) is 16.3 Å². The average molecular weight is 391 g/mol. The van der Waals surface area contributed by atoms with Crippen molar-refractivity contribution in [3.8, 4) is 0 Å². The first kappa shape index (κ1) is 19.0. The summed E-state index contributed by atoms with van der Waals surface area (Å²) < 4.78 is 43.9. The molecule has 0 bridgehead atoms. The van der Waals surface area contributed by atoms with E-state index < -0.39 is 30.1 Å². The van der Waals surface area contributed by atoms with Gasteiger partial charge in [-0.05, 0) is 18.9 Å². The molecule has 0 N–H and O–H groups in total. The second-order valence-electron chi connectivity index (χ2n) is 6.32. The molecule has 2 aliphatic rings. The molecule has 1 aromatic rings. The Hall–Kier alpha value is -1.80. The molecule has 1 aromatic carbocycles. The summed E-state index contributed by atoms with van der Waals surface area (Å²) in [5, 5.41) is 0.501. The van der Waals surface area contributed by atoms with Gasteiger partial charge in [-0.25, -0.2) is 0 Å². The Bertz CT molecular complexity index is 698. The van der Waals surface area contributed by atoms with Crippen LogP contribution in [0, 0.1) is 0 Å². The monoisotopic (exact) mass is 390 g/mol. The predicted octanol–water partition coefficient (Wildman–Crippen LogP) is 2.79. The molecule has 0 radical (unpaired) electrons. The van der Waals surface area contributed by atoms with E-state index in [0.29, 0.717) is 16.3 Å². The van der Waals surface area contributed by atoms with Gasteiger partial charge < -0.3 is 14.5 Å². The Morgan fingerprint density at radius 1 is 1.19 bits per heavy atom. The standard InChI is InChI=1S/C17H18ClF3N2O3/c18-12-5-2-1-4-11(12)14-10-22(8-9-26-14)15(24)13-6-3-7-23(13)16(25)17(19,20)21/h1-2,4-5,13-14H,3,6-10H2. The van der Waals surface area contributed by atoms with Crippen molar-refractivity contribution in [1.29, 1.82) is 0 Å². The summed E-state index contributed by atoms with van der Waals surface area (Å²) >= 11 is 6.17. The molecule has 5 nitrogen and oxygen atoms in total. The van der Waals surface area contributed by atoms with Crippen LogP contribution in [0.1, 0.15) is 24.5 Å². The quantitative estimate of drug-likeness (QED) is 0.780. The zero-order valence-corrected chi connectivity index (χ0v) is 14.6. The first-order valence-corrected chi connectivity index (χ1v) is 8.69. The maximum atomic E-state index is 12.8. The number of amides is 2. The van der Waals surface area contributed by atoms with Crippen molar-refractivity contribution in [2.75, 3.05) is 26.2 Å². The fourth-order valence-corrected chi connectivity index (χ4v) is 3.67. The summed E-state index contributed by atoms with van der Waals surface area (Å²) in [6.45, 7) is 0.645. The van der Waals surface area contributed by atoms with Gasteiger partial charge in [0.05, 0.1) is 13.2 Å². The zero-order chi connectivity index (χ0) is 18.9. The van der Waals surface area contributed by atoms with Gasteiger partial charge >= 0.3 is 12.1 Å². The van der Waals surface area contributed by atoms with Crippen LogP contribution in [0.5, 0.6) is 0 Å². The van der Waals surface area contributed by atoms with Crippen LogP contribution in [0.25, 0.3) is 0 Å². The fourth-order valence-electron chi connectivity index (χ4n) is 3.41. The van der Waals surface area contributed by atoms with E-state index in [1.165, 1.54) is 4.90 Å². The minimum Gasteiger partial charge on any atom is -0.370 e. The number of carbonyl (C=O) groups is 2. The SMILES string of the molecule is O=C(C1CCCN1C(=O)C(F)(F)F)N1CCOC(c2ccccc2Cl)C1. The second kappa shape index (κ2) is 7.44. The van der Waals surface area contributed by atoms with Crippen LogP contribution in [0.15, 0.2) is 24.3 Å². The van der Waals surface area contributed by atoms with Crippen LogP contribution in [-0.2, 0) is 14.3 Å². The number of nitrogens with zero attached hydrogens (tertiary/aromatic N) is 2. The maximum absolute atomic E-state index is 12.8. The molecule has 3 rings (SSSR count). The van der Waals surface area contributed by atoms with Gasteiger partial charge in [-0.1, -0.05) is 29.8 Å². The number of morpholine rings is 1. The van der Waals surface area contributed by atoms with Crippen LogP contribution in [0.4, 0.5) is 13.2 Å². The molecule has 0 aliphatic carbocycles. The zero-order valence-electron chi connectivity index (χ0n) is 13.8. The van der Waals surface area contributed by atoms with Crippen molar-refractivity contribution in [2.45, 2.75) is 31.2 Å². The molecule has 0 aromatic heterocycles. The second-order valence-corrected chi connectivity index (χ2v) is 6.73. The molecule has 26 heavy (non-hydrogen) atoms. The molecule has 0 spiro atoms. The highest BCUT2D eigenvalue weighted by molar-refractivity contribution is 6.31. The van der Waals surface area contributed by atoms with Gasteiger partial charge in [-0.3, -0.25) is 9.59 Å². The molecule has 2 fully saturated rings. The lowest BCUT2D eigenvalue weighted by molar-refractivity contribution is -0.187. The van der Waals surface area contributed by atoms with Crippen LogP contribution < -0.4 is 0 Å². The smallest absolute Gasteiger partial charge is 0.370 e. The lowest BCUT2D eigenvalue weighted by Gasteiger charge is -2.36. The molecular formula is C17H18ClF3N2O3. The van der Waals surface area contributed by atoms with Crippen molar-refractivity contribution < 1.29 is 27.5 Å². The molecule has 2 saturated heterocycles. The van der Waals surface area contributed by atoms with Crippen molar-refractivity contribution >= 4 is 23.4 Å². The van der Waals surface area contributed by atoms with Gasteiger partial charge in [-0.15, -0.1) is 0 Å². The third kappa shape index (κ3) is 3.81. The normalized spacial score (nSPS) is 24.0. The Labute approximate surface area is 153 Å². The summed E-state index contributed by atoms with van der Waals surface area (Å²) in [7, 11) is 0. The van der Waals surface area contributed by atoms with Crippen molar-refractivity contribution in [1.82, 2.24) is 9.80 Å². The number of hydrogen-bond donors (Lipinski definition) is 0. The van der Waals surface area contributed by atoms with E-state index in [1.54, 1.807) is 24.3 Å². The van der Waals surface area contributed by atoms with E-state index in [0.717, 1.165) is 5.56 Å². The largest absolute Gasteiger partial charge is 0.471 e. The van der Waals surface area contributed by atoms with Gasteiger partial charge in [0, 0.05) is 23.7 Å². The molecule has 2 atom stereocenters. The molecule has 2 aliphatic heterocycles. The van der Waals surface area contributed by atoms with Crippen LogP contribution in [0.3, 0.4) is 0 Å². The third-order valence-electron chi connectivity index (χ3n) is 4.67. The summed E-state index contributed by atoms with van der Waals surface area (Å²) in [4.78, 5) is 26.5. The molecule has 2 heterocycles. The van der Waals surface area contributed by atoms with E-state index in [-0.39, 0.29) is 32.7 Å². The molecule has 9 heteroatoms. The minimum atomic E-state index is -4.98. The number of likely N-dealkylation sites (tertiary alicyclic amines) is 1. The third-order valence-corrected chi connectivity index (χ3v) is 5.02. The first-order valence-electron chi connectivity index (χ1n) is 8.31. The van der Waals surface area contributed by atoms with Crippen molar-refractivity contribution in [2.24, 2.45) is 0 Å². The van der Waals surface area contributed by atoms with E-state index in [9.17, 15) is 22.8 Å². The summed E-state index contributed by atoms with van der Waals surface area (Å²) in [5.41, 5.74) is 0.723. The van der Waals surface area contributed by atoms with Gasteiger partial charge in [0.2, 0.25) is 5.91 Å². The number of carbonyl (C=O) groups excluding carboxylic acids is 2. The number of ether oxygens (including phenoxy) is 1. The van der Waals surface area contributed by atoms with E-state index in [2.05, 4.69) is 0 Å². The summed E-state index contributed by atoms with van der Waals surface area (Å²) in [5.74, 6) is -2.43. The van der Waals surface area contributed by atoms with Gasteiger partial charge in [-0.2, -0.15) is 13.2 Å². The Balaban J connectivity index is 1.73. The molecular weight excluding hydrogens is 373 g/mol. The number of halogens is 4. The Morgan fingerprint density at radius 2 is 1.92 bits per heavy atom. The summed E-state index contributed by atoms with van der Waals surface area (Å²) in [6, 6.07) is 6.00. The highest BCUT2D eigenvalue weighted by Crippen LogP contribution is 2.31. The van der Waals surface area contributed by atoms with Crippen molar-refractivity contribution in [3.63, 3.8) is 0 Å². The average Bonchev–Trinajstić information content (AvgIpc) is 3.09. The molecule has 2 unspecified atom stereocenters. The Kier molecular flexibility index (Phi) is 5.43. The first-order chi connectivity index (χ1) is 12.3. The Morgan fingerprint density at radius 3 is 2.62 bits per heavy atom. The van der Waals surface area contributed by atoms with Gasteiger partial charge in [0.25, 0.3) is 0 Å². The number of hydrogen-bond acceptors (Lipinski definition) is 3. The highest BCUT2D eigenvalue weighted by Gasteiger charge is 2.48.